The van der Waals surface area contributed by atoms with Crippen molar-refractivity contribution in [2.75, 3.05) is 19.7 Å². The molecule has 1 N–H and O–H groups in total. The molecule has 0 amide bonds. The summed E-state index contributed by atoms with van der Waals surface area (Å²) >= 11 is 0. The quantitative estimate of drug-likeness (QED) is 0.305. The van der Waals surface area contributed by atoms with Crippen LogP contribution in [0, 0.1) is 0 Å². The van der Waals surface area contributed by atoms with E-state index in [4.69, 9.17) is 4.74 Å². The summed E-state index contributed by atoms with van der Waals surface area (Å²) in [5.41, 5.74) is 0. The molecule has 15 heavy (non-hydrogen) atoms. The zero-order chi connectivity index (χ0) is 11.4. The van der Waals surface area contributed by atoms with Crippen LogP contribution in [0.5, 0.6) is 0 Å². The van der Waals surface area contributed by atoms with Crippen LogP contribution in [0.3, 0.4) is 0 Å². The van der Waals surface area contributed by atoms with E-state index in [0.29, 0.717) is 12.7 Å². The Balaban J connectivity index is 3.76. The zero-order valence-electron chi connectivity index (χ0n) is 9.53. The lowest BCUT2D eigenvalue weighted by Crippen LogP contribution is -2.10. The summed E-state index contributed by atoms with van der Waals surface area (Å²) in [6, 6.07) is 0. The number of hydrogen-bond donors (Lipinski definition) is 1. The van der Waals surface area contributed by atoms with Crippen LogP contribution in [0.2, 0.25) is 0 Å². The van der Waals surface area contributed by atoms with Crippen LogP contribution in [-0.2, 0) is 4.74 Å². The molecule has 0 aromatic rings. The fourth-order valence-electron chi connectivity index (χ4n) is 0.736. The lowest BCUT2D eigenvalue weighted by molar-refractivity contribution is 0.169. The first-order valence-corrected chi connectivity index (χ1v) is 7.14. The van der Waals surface area contributed by atoms with Crippen molar-refractivity contribution in [2.24, 2.45) is 0 Å². The third-order valence-corrected chi connectivity index (χ3v) is 3.38. The average molecular weight is 245 g/mol. The van der Waals surface area contributed by atoms with Crippen LogP contribution in [0.4, 0.5) is 0 Å². The number of hydrogen-bond acceptors (Lipinski definition) is 4. The Morgan fingerprint density at radius 3 is 2.73 bits per heavy atom. The van der Waals surface area contributed by atoms with Crippen LogP contribution in [0.15, 0.2) is 35.3 Å². The minimum Gasteiger partial charge on any atom is -0.355 e. The van der Waals surface area contributed by atoms with Gasteiger partial charge in [0, 0.05) is 4.91 Å². The van der Waals surface area contributed by atoms with Crippen molar-refractivity contribution in [2.45, 2.75) is 13.8 Å². The Bertz CT molecular complexity index is 225. The van der Waals surface area contributed by atoms with Gasteiger partial charge in [-0.2, -0.15) is 0 Å². The first-order chi connectivity index (χ1) is 7.35. The number of ether oxygens (including phenoxy) is 1. The van der Waals surface area contributed by atoms with Crippen LogP contribution < -0.4 is 5.32 Å². The van der Waals surface area contributed by atoms with Gasteiger partial charge in [-0.05, 0) is 27.0 Å². The maximum Gasteiger partial charge on any atom is 0.104 e. The second-order valence-corrected chi connectivity index (χ2v) is 4.93. The SMILES string of the molecule is C\C=C/C=C(\C=C/C)SSCOCNC. The van der Waals surface area contributed by atoms with Gasteiger partial charge in [-0.1, -0.05) is 45.9 Å². The largest absolute Gasteiger partial charge is 0.355 e. The van der Waals surface area contributed by atoms with Gasteiger partial charge < -0.3 is 4.74 Å². The van der Waals surface area contributed by atoms with Gasteiger partial charge in [0.1, 0.15) is 5.94 Å². The van der Waals surface area contributed by atoms with Crippen LogP contribution in [0.25, 0.3) is 0 Å². The molecule has 4 heteroatoms. The highest BCUT2D eigenvalue weighted by atomic mass is 33.1. The fourth-order valence-corrected chi connectivity index (χ4v) is 2.49. The molecule has 0 aromatic carbocycles. The zero-order valence-corrected chi connectivity index (χ0v) is 11.2. The molecular formula is C11H19NOS2. The van der Waals surface area contributed by atoms with Crippen molar-refractivity contribution in [3.05, 3.63) is 35.3 Å². The Hall–Kier alpha value is -0.160. The van der Waals surface area contributed by atoms with Gasteiger partial charge in [0.25, 0.3) is 0 Å². The average Bonchev–Trinajstić information content (AvgIpc) is 2.25. The molecule has 0 aliphatic heterocycles. The molecule has 0 heterocycles. The monoisotopic (exact) mass is 245 g/mol. The summed E-state index contributed by atoms with van der Waals surface area (Å²) in [5.74, 6) is 0.691. The van der Waals surface area contributed by atoms with E-state index in [-0.39, 0.29) is 0 Å². The predicted molar refractivity (Wildman–Crippen MR) is 72.8 cm³/mol. The summed E-state index contributed by atoms with van der Waals surface area (Å²) < 4.78 is 5.28. The summed E-state index contributed by atoms with van der Waals surface area (Å²) in [5, 5.41) is 2.93. The lowest BCUT2D eigenvalue weighted by atomic mass is 10.4. The van der Waals surface area contributed by atoms with Gasteiger partial charge in [0.2, 0.25) is 0 Å². The van der Waals surface area contributed by atoms with Gasteiger partial charge in [0.05, 0.1) is 6.73 Å². The molecule has 0 rings (SSSR count). The first kappa shape index (κ1) is 14.8. The summed E-state index contributed by atoms with van der Waals surface area (Å²) in [7, 11) is 5.29. The molecule has 0 atom stereocenters. The van der Waals surface area contributed by atoms with Crippen molar-refractivity contribution in [3.63, 3.8) is 0 Å². The van der Waals surface area contributed by atoms with Gasteiger partial charge >= 0.3 is 0 Å². The standard InChI is InChI=1S/C11H19NOS2/c1-4-6-8-11(7-5-2)15-14-10-13-9-12-3/h4-8,12H,9-10H2,1-3H3/b6-4-,7-5-,11-8+. The second-order valence-electron chi connectivity index (χ2n) is 2.62. The van der Waals surface area contributed by atoms with Crippen LogP contribution in [-0.4, -0.2) is 19.7 Å². The molecule has 86 valence electrons. The third-order valence-electron chi connectivity index (χ3n) is 1.32. The molecule has 0 aliphatic rings. The molecule has 0 fully saturated rings. The fraction of sp³-hybridized carbons (Fsp3) is 0.455. The molecule has 0 bridgehead atoms. The van der Waals surface area contributed by atoms with Crippen molar-refractivity contribution >= 4 is 21.6 Å². The van der Waals surface area contributed by atoms with E-state index in [1.807, 2.05) is 39.1 Å². The van der Waals surface area contributed by atoms with Gasteiger partial charge in [-0.3, -0.25) is 5.32 Å². The first-order valence-electron chi connectivity index (χ1n) is 4.82. The molecule has 0 aromatic heterocycles. The minimum atomic E-state index is 0.602. The summed E-state index contributed by atoms with van der Waals surface area (Å²) in [6.07, 6.45) is 10.3. The Morgan fingerprint density at radius 2 is 2.13 bits per heavy atom. The molecule has 0 saturated heterocycles. The summed E-state index contributed by atoms with van der Waals surface area (Å²) in [6.45, 7) is 4.63. The van der Waals surface area contributed by atoms with E-state index in [0.717, 1.165) is 0 Å². The van der Waals surface area contributed by atoms with Crippen molar-refractivity contribution in [1.82, 2.24) is 5.32 Å². The minimum absolute atomic E-state index is 0.602. The summed E-state index contributed by atoms with van der Waals surface area (Å²) in [4.78, 5) is 1.23. The van der Waals surface area contributed by atoms with Crippen LogP contribution in [0.1, 0.15) is 13.8 Å². The van der Waals surface area contributed by atoms with Crippen LogP contribution >= 0.6 is 21.6 Å². The van der Waals surface area contributed by atoms with Crippen molar-refractivity contribution in [1.29, 1.82) is 0 Å². The van der Waals surface area contributed by atoms with E-state index < -0.39 is 0 Å². The van der Waals surface area contributed by atoms with Gasteiger partial charge in [-0.15, -0.1) is 0 Å². The second kappa shape index (κ2) is 11.9. The molecule has 0 spiro atoms. The molecule has 0 aliphatic carbocycles. The van der Waals surface area contributed by atoms with E-state index in [1.165, 1.54) is 4.91 Å². The van der Waals surface area contributed by atoms with Crippen molar-refractivity contribution < 1.29 is 4.74 Å². The Labute approximate surface area is 101 Å². The molecular weight excluding hydrogens is 226 g/mol. The van der Waals surface area contributed by atoms with E-state index in [2.05, 4.69) is 17.5 Å². The molecule has 0 radical (unpaired) electrons. The lowest BCUT2D eigenvalue weighted by Gasteiger charge is -2.02. The van der Waals surface area contributed by atoms with Gasteiger partial charge in [0.15, 0.2) is 0 Å². The highest BCUT2D eigenvalue weighted by Crippen LogP contribution is 2.30. The molecule has 0 unspecified atom stereocenters. The molecule has 0 saturated carbocycles. The molecule has 2 nitrogen and oxygen atoms in total. The highest BCUT2D eigenvalue weighted by molar-refractivity contribution is 8.78. The normalized spacial score (nSPS) is 13.1. The maximum absolute atomic E-state index is 5.28. The predicted octanol–water partition coefficient (Wildman–Crippen LogP) is 3.55. The maximum atomic E-state index is 5.28. The Morgan fingerprint density at radius 1 is 1.33 bits per heavy atom. The van der Waals surface area contributed by atoms with Gasteiger partial charge in [-0.25, -0.2) is 0 Å². The van der Waals surface area contributed by atoms with E-state index in [1.54, 1.807) is 21.6 Å². The van der Waals surface area contributed by atoms with E-state index in [9.17, 15) is 0 Å². The van der Waals surface area contributed by atoms with Crippen molar-refractivity contribution in [3.8, 4) is 0 Å². The topological polar surface area (TPSA) is 21.3 Å². The smallest absolute Gasteiger partial charge is 0.104 e. The Kier molecular flexibility index (Phi) is 11.8. The highest BCUT2D eigenvalue weighted by Gasteiger charge is 1.93. The number of nitrogens with one attached hydrogen (secondary N) is 1. The number of rotatable bonds is 8. The number of allylic oxidation sites excluding steroid dienone is 5. The third kappa shape index (κ3) is 10.1. The van der Waals surface area contributed by atoms with E-state index >= 15 is 0 Å².